The van der Waals surface area contributed by atoms with Crippen LogP contribution in [0.4, 0.5) is 0 Å². The zero-order valence-corrected chi connectivity index (χ0v) is 11.4. The van der Waals surface area contributed by atoms with Gasteiger partial charge in [-0.15, -0.1) is 0 Å². The fourth-order valence-electron chi connectivity index (χ4n) is 2.26. The van der Waals surface area contributed by atoms with Crippen molar-refractivity contribution in [3.8, 4) is 0 Å². The number of hydrogen-bond donors (Lipinski definition) is 0. The molecule has 2 heterocycles. The molecule has 0 saturated carbocycles. The molecule has 6 heteroatoms. The van der Waals surface area contributed by atoms with Crippen LogP contribution in [0.2, 0.25) is 0 Å². The van der Waals surface area contributed by atoms with Crippen molar-refractivity contribution in [3.05, 3.63) is 42.2 Å². The van der Waals surface area contributed by atoms with Crippen molar-refractivity contribution < 1.29 is 4.63 Å². The molecule has 0 atom stereocenters. The SMILES string of the molecule is CCN(CCn1cccn1)Cc1cccc2nonc12. The fourth-order valence-corrected chi connectivity index (χ4v) is 2.26. The first-order valence-corrected chi connectivity index (χ1v) is 6.77. The van der Waals surface area contributed by atoms with Crippen molar-refractivity contribution in [1.29, 1.82) is 0 Å². The molecule has 0 fully saturated rings. The van der Waals surface area contributed by atoms with Gasteiger partial charge < -0.3 is 0 Å². The van der Waals surface area contributed by atoms with Crippen LogP contribution in [-0.4, -0.2) is 38.1 Å². The average Bonchev–Trinajstić information content (AvgIpc) is 3.14. The van der Waals surface area contributed by atoms with Crippen LogP contribution < -0.4 is 0 Å². The molecule has 0 radical (unpaired) electrons. The monoisotopic (exact) mass is 271 g/mol. The highest BCUT2D eigenvalue weighted by Gasteiger charge is 2.10. The predicted molar refractivity (Wildman–Crippen MR) is 75.0 cm³/mol. The van der Waals surface area contributed by atoms with Gasteiger partial charge in [-0.25, -0.2) is 4.63 Å². The minimum Gasteiger partial charge on any atom is -0.297 e. The van der Waals surface area contributed by atoms with E-state index in [9.17, 15) is 0 Å². The first-order valence-electron chi connectivity index (χ1n) is 6.77. The number of rotatable bonds is 6. The molecular weight excluding hydrogens is 254 g/mol. The summed E-state index contributed by atoms with van der Waals surface area (Å²) in [7, 11) is 0. The maximum atomic E-state index is 4.81. The third-order valence-electron chi connectivity index (χ3n) is 3.42. The molecule has 20 heavy (non-hydrogen) atoms. The molecule has 0 unspecified atom stereocenters. The fraction of sp³-hybridized carbons (Fsp3) is 0.357. The highest BCUT2D eigenvalue weighted by molar-refractivity contribution is 5.76. The van der Waals surface area contributed by atoms with Crippen LogP contribution in [0.25, 0.3) is 11.0 Å². The third-order valence-corrected chi connectivity index (χ3v) is 3.42. The van der Waals surface area contributed by atoms with E-state index in [4.69, 9.17) is 4.63 Å². The molecule has 3 aromatic rings. The van der Waals surface area contributed by atoms with Gasteiger partial charge in [0.1, 0.15) is 11.0 Å². The van der Waals surface area contributed by atoms with Gasteiger partial charge in [0.25, 0.3) is 0 Å². The second-order valence-corrected chi connectivity index (χ2v) is 4.69. The summed E-state index contributed by atoms with van der Waals surface area (Å²) in [5.74, 6) is 0. The molecule has 0 N–H and O–H groups in total. The molecule has 6 nitrogen and oxygen atoms in total. The summed E-state index contributed by atoms with van der Waals surface area (Å²) >= 11 is 0. The number of fused-ring (bicyclic) bond motifs is 1. The topological polar surface area (TPSA) is 60.0 Å². The lowest BCUT2D eigenvalue weighted by Crippen LogP contribution is -2.27. The lowest BCUT2D eigenvalue weighted by Gasteiger charge is -2.20. The maximum absolute atomic E-state index is 4.81. The van der Waals surface area contributed by atoms with Crippen LogP contribution in [0.15, 0.2) is 41.3 Å². The third kappa shape index (κ3) is 2.70. The molecule has 0 aliphatic heterocycles. The van der Waals surface area contributed by atoms with Gasteiger partial charge in [-0.1, -0.05) is 19.1 Å². The molecule has 0 amide bonds. The van der Waals surface area contributed by atoms with E-state index in [1.165, 1.54) is 0 Å². The number of likely N-dealkylation sites (N-methyl/N-ethyl adjacent to an activating group) is 1. The van der Waals surface area contributed by atoms with Crippen LogP contribution in [0.1, 0.15) is 12.5 Å². The largest absolute Gasteiger partial charge is 0.297 e. The Labute approximate surface area is 116 Å². The van der Waals surface area contributed by atoms with Crippen LogP contribution in [-0.2, 0) is 13.1 Å². The van der Waals surface area contributed by atoms with Gasteiger partial charge in [-0.3, -0.25) is 9.58 Å². The van der Waals surface area contributed by atoms with E-state index in [2.05, 4.69) is 33.3 Å². The zero-order chi connectivity index (χ0) is 13.8. The number of nitrogens with zero attached hydrogens (tertiary/aromatic N) is 5. The second-order valence-electron chi connectivity index (χ2n) is 4.69. The van der Waals surface area contributed by atoms with Gasteiger partial charge in [-0.05, 0) is 34.6 Å². The molecule has 2 aromatic heterocycles. The van der Waals surface area contributed by atoms with Crippen molar-refractivity contribution >= 4 is 11.0 Å². The lowest BCUT2D eigenvalue weighted by molar-refractivity contribution is 0.263. The molecule has 0 spiro atoms. The predicted octanol–water partition coefficient (Wildman–Crippen LogP) is 1.94. The van der Waals surface area contributed by atoms with Crippen molar-refractivity contribution in [2.24, 2.45) is 0 Å². The average molecular weight is 271 g/mol. The van der Waals surface area contributed by atoms with Crippen LogP contribution in [0, 0.1) is 0 Å². The quantitative estimate of drug-likeness (QED) is 0.685. The summed E-state index contributed by atoms with van der Waals surface area (Å²) in [5.41, 5.74) is 2.81. The first kappa shape index (κ1) is 12.8. The van der Waals surface area contributed by atoms with E-state index < -0.39 is 0 Å². The molecule has 0 bridgehead atoms. The minimum atomic E-state index is 0.811. The van der Waals surface area contributed by atoms with Gasteiger partial charge >= 0.3 is 0 Å². The van der Waals surface area contributed by atoms with E-state index >= 15 is 0 Å². The normalized spacial score (nSPS) is 11.5. The summed E-state index contributed by atoms with van der Waals surface area (Å²) in [6.07, 6.45) is 3.79. The Morgan fingerprint density at radius 3 is 3.00 bits per heavy atom. The molecular formula is C14H17N5O. The molecule has 0 aliphatic rings. The van der Waals surface area contributed by atoms with Crippen molar-refractivity contribution in [3.63, 3.8) is 0 Å². The van der Waals surface area contributed by atoms with E-state index in [-0.39, 0.29) is 0 Å². The van der Waals surface area contributed by atoms with Crippen LogP contribution in [0.5, 0.6) is 0 Å². The lowest BCUT2D eigenvalue weighted by atomic mass is 10.1. The standard InChI is InChI=1S/C14H17N5O/c1-2-18(9-10-19-8-4-7-15-19)11-12-5-3-6-13-14(12)17-20-16-13/h3-8H,2,9-11H2,1H3. The van der Waals surface area contributed by atoms with Gasteiger partial charge in [0.2, 0.25) is 0 Å². The van der Waals surface area contributed by atoms with E-state index in [0.717, 1.165) is 42.8 Å². The Bertz CT molecular complexity index is 661. The number of benzene rings is 1. The number of aromatic nitrogens is 4. The minimum absolute atomic E-state index is 0.811. The Kier molecular flexibility index (Phi) is 3.73. The van der Waals surface area contributed by atoms with Gasteiger partial charge in [0, 0.05) is 25.5 Å². The molecule has 0 aliphatic carbocycles. The number of hydrogen-bond acceptors (Lipinski definition) is 5. The van der Waals surface area contributed by atoms with E-state index in [0.29, 0.717) is 0 Å². The Morgan fingerprint density at radius 1 is 1.25 bits per heavy atom. The van der Waals surface area contributed by atoms with Gasteiger partial charge in [0.05, 0.1) is 6.54 Å². The summed E-state index contributed by atoms with van der Waals surface area (Å²) in [4.78, 5) is 2.35. The second kappa shape index (κ2) is 5.83. The Hall–Kier alpha value is -2.21. The molecule has 3 rings (SSSR count). The molecule has 1 aromatic carbocycles. The van der Waals surface area contributed by atoms with Crippen molar-refractivity contribution in [1.82, 2.24) is 25.0 Å². The first-order chi connectivity index (χ1) is 9.86. The highest BCUT2D eigenvalue weighted by atomic mass is 16.6. The summed E-state index contributed by atoms with van der Waals surface area (Å²) < 4.78 is 6.75. The van der Waals surface area contributed by atoms with Gasteiger partial charge in [0.15, 0.2) is 0 Å². The Balaban J connectivity index is 1.69. The van der Waals surface area contributed by atoms with E-state index in [1.807, 2.05) is 29.1 Å². The van der Waals surface area contributed by atoms with Gasteiger partial charge in [-0.2, -0.15) is 5.10 Å². The molecule has 0 saturated heterocycles. The molecule has 104 valence electrons. The highest BCUT2D eigenvalue weighted by Crippen LogP contribution is 2.16. The van der Waals surface area contributed by atoms with Crippen LogP contribution >= 0.6 is 0 Å². The zero-order valence-electron chi connectivity index (χ0n) is 11.4. The van der Waals surface area contributed by atoms with E-state index in [1.54, 1.807) is 6.20 Å². The summed E-state index contributed by atoms with van der Waals surface area (Å²) in [6, 6.07) is 7.92. The summed E-state index contributed by atoms with van der Waals surface area (Å²) in [6.45, 7) is 5.80. The Morgan fingerprint density at radius 2 is 2.20 bits per heavy atom. The smallest absolute Gasteiger partial charge is 0.139 e. The van der Waals surface area contributed by atoms with Crippen molar-refractivity contribution in [2.75, 3.05) is 13.1 Å². The van der Waals surface area contributed by atoms with Crippen molar-refractivity contribution in [2.45, 2.75) is 20.0 Å². The van der Waals surface area contributed by atoms with Crippen LogP contribution in [0.3, 0.4) is 0 Å². The maximum Gasteiger partial charge on any atom is 0.139 e. The summed E-state index contributed by atoms with van der Waals surface area (Å²) in [5, 5.41) is 12.1.